The number of carbonyl (C=O) groups is 1. The van der Waals surface area contributed by atoms with Gasteiger partial charge in [0, 0.05) is 12.2 Å². The maximum Gasteiger partial charge on any atom is 0.265 e. The Bertz CT molecular complexity index is 738. The van der Waals surface area contributed by atoms with Crippen molar-refractivity contribution in [2.24, 2.45) is 0 Å². The van der Waals surface area contributed by atoms with E-state index in [9.17, 15) is 4.79 Å². The van der Waals surface area contributed by atoms with Gasteiger partial charge in [-0.05, 0) is 30.3 Å². The first kappa shape index (κ1) is 16.6. The number of hydrogen-bond donors (Lipinski definition) is 0. The average Bonchev–Trinajstić information content (AvgIpc) is 2.59. The molecule has 0 aliphatic carbocycles. The number of nitrogens with zero attached hydrogens (tertiary/aromatic N) is 2. The number of benzene rings is 2. The molecule has 0 fully saturated rings. The van der Waals surface area contributed by atoms with Crippen molar-refractivity contribution in [3.05, 3.63) is 71.8 Å². The molecule has 0 aliphatic heterocycles. The lowest BCUT2D eigenvalue weighted by atomic mass is 10.2. The molecule has 0 saturated carbocycles. The lowest BCUT2D eigenvalue weighted by Crippen LogP contribution is -2.35. The standard InChI is InChI=1S/C18H15ClN2O2/c1-2-10-21(15-6-4-3-5-7-15)18(22)13-23-17-9-8-14(12-20)11-16(17)19/h2-9,11H,1,10,13H2. The first-order valence-electron chi connectivity index (χ1n) is 6.94. The van der Waals surface area contributed by atoms with E-state index in [0.717, 1.165) is 5.69 Å². The molecule has 2 rings (SSSR count). The number of amides is 1. The van der Waals surface area contributed by atoms with E-state index >= 15 is 0 Å². The molecule has 1 amide bonds. The number of rotatable bonds is 6. The zero-order valence-electron chi connectivity index (χ0n) is 12.4. The van der Waals surface area contributed by atoms with Gasteiger partial charge in [0.1, 0.15) is 5.75 Å². The van der Waals surface area contributed by atoms with E-state index in [4.69, 9.17) is 21.6 Å². The second-order valence-corrected chi connectivity index (χ2v) is 5.08. The van der Waals surface area contributed by atoms with E-state index in [0.29, 0.717) is 22.9 Å². The molecule has 0 N–H and O–H groups in total. The van der Waals surface area contributed by atoms with Crippen LogP contribution in [0, 0.1) is 11.3 Å². The maximum atomic E-state index is 12.4. The lowest BCUT2D eigenvalue weighted by Gasteiger charge is -2.21. The Labute approximate surface area is 140 Å². The van der Waals surface area contributed by atoms with Crippen LogP contribution in [0.4, 0.5) is 5.69 Å². The van der Waals surface area contributed by atoms with Crippen LogP contribution in [0.3, 0.4) is 0 Å². The Morgan fingerprint density at radius 1 is 1.30 bits per heavy atom. The lowest BCUT2D eigenvalue weighted by molar-refractivity contribution is -0.120. The number of ether oxygens (including phenoxy) is 1. The van der Waals surface area contributed by atoms with Gasteiger partial charge >= 0.3 is 0 Å². The summed E-state index contributed by atoms with van der Waals surface area (Å²) >= 11 is 6.03. The molecule has 4 nitrogen and oxygen atoms in total. The summed E-state index contributed by atoms with van der Waals surface area (Å²) in [7, 11) is 0. The van der Waals surface area contributed by atoms with E-state index in [1.165, 1.54) is 6.07 Å². The van der Waals surface area contributed by atoms with Crippen molar-refractivity contribution < 1.29 is 9.53 Å². The van der Waals surface area contributed by atoms with E-state index in [2.05, 4.69) is 6.58 Å². The van der Waals surface area contributed by atoms with Gasteiger partial charge in [0.15, 0.2) is 6.61 Å². The third kappa shape index (κ3) is 4.35. The Balaban J connectivity index is 2.08. The van der Waals surface area contributed by atoms with Gasteiger partial charge in [0.2, 0.25) is 0 Å². The van der Waals surface area contributed by atoms with Crippen LogP contribution in [0.25, 0.3) is 0 Å². The van der Waals surface area contributed by atoms with Gasteiger partial charge in [-0.1, -0.05) is 35.9 Å². The highest BCUT2D eigenvalue weighted by molar-refractivity contribution is 6.32. The van der Waals surface area contributed by atoms with Gasteiger partial charge in [-0.15, -0.1) is 6.58 Å². The van der Waals surface area contributed by atoms with Crippen LogP contribution in [-0.4, -0.2) is 19.1 Å². The molecule has 0 saturated heterocycles. The fourth-order valence-electron chi connectivity index (χ4n) is 1.99. The molecule has 0 spiro atoms. The van der Waals surface area contributed by atoms with Gasteiger partial charge in [0.25, 0.3) is 5.91 Å². The highest BCUT2D eigenvalue weighted by Gasteiger charge is 2.15. The molecule has 0 bridgehead atoms. The fourth-order valence-corrected chi connectivity index (χ4v) is 2.23. The number of nitriles is 1. The monoisotopic (exact) mass is 326 g/mol. The van der Waals surface area contributed by atoms with Crippen LogP contribution in [0.5, 0.6) is 5.75 Å². The summed E-state index contributed by atoms with van der Waals surface area (Å²) in [6, 6.07) is 15.9. The third-order valence-corrected chi connectivity index (χ3v) is 3.39. The first-order chi connectivity index (χ1) is 11.2. The number of halogens is 1. The molecule has 5 heteroatoms. The van der Waals surface area contributed by atoms with Crippen molar-refractivity contribution in [1.82, 2.24) is 0 Å². The maximum absolute atomic E-state index is 12.4. The minimum atomic E-state index is -0.212. The van der Waals surface area contributed by atoms with Gasteiger partial charge < -0.3 is 9.64 Å². The van der Waals surface area contributed by atoms with Gasteiger partial charge in [0.05, 0.1) is 16.7 Å². The number of anilines is 1. The zero-order chi connectivity index (χ0) is 16.7. The van der Waals surface area contributed by atoms with Crippen LogP contribution in [0.15, 0.2) is 61.2 Å². The summed E-state index contributed by atoms with van der Waals surface area (Å²) in [5.74, 6) is 0.155. The summed E-state index contributed by atoms with van der Waals surface area (Å²) in [6.07, 6.45) is 1.65. The SMILES string of the molecule is C=CCN(C(=O)COc1ccc(C#N)cc1Cl)c1ccccc1. The molecule has 0 aliphatic rings. The molecule has 0 unspecified atom stereocenters. The summed E-state index contributed by atoms with van der Waals surface area (Å²) in [6.45, 7) is 3.90. The van der Waals surface area contributed by atoms with Crippen LogP contribution in [0.1, 0.15) is 5.56 Å². The van der Waals surface area contributed by atoms with Crippen LogP contribution in [0.2, 0.25) is 5.02 Å². The molecule has 0 aromatic heterocycles. The predicted molar refractivity (Wildman–Crippen MR) is 90.7 cm³/mol. The van der Waals surface area contributed by atoms with Gasteiger partial charge in [-0.2, -0.15) is 5.26 Å². The van der Waals surface area contributed by atoms with E-state index in [1.54, 1.807) is 23.1 Å². The average molecular weight is 327 g/mol. The van der Waals surface area contributed by atoms with Crippen LogP contribution >= 0.6 is 11.6 Å². The normalized spacial score (nSPS) is 9.74. The van der Waals surface area contributed by atoms with Crippen molar-refractivity contribution in [3.8, 4) is 11.8 Å². The second-order valence-electron chi connectivity index (χ2n) is 4.67. The van der Waals surface area contributed by atoms with Crippen molar-refractivity contribution in [2.75, 3.05) is 18.1 Å². The molecule has 2 aromatic rings. The molecule has 0 atom stereocenters. The minimum absolute atomic E-state index is 0.158. The molecular formula is C18H15ClN2O2. The minimum Gasteiger partial charge on any atom is -0.482 e. The summed E-state index contributed by atoms with van der Waals surface area (Å²) in [5, 5.41) is 9.11. The topological polar surface area (TPSA) is 53.3 Å². The van der Waals surface area contributed by atoms with Crippen LogP contribution < -0.4 is 9.64 Å². The van der Waals surface area contributed by atoms with Gasteiger partial charge in [-0.3, -0.25) is 4.79 Å². The molecule has 0 heterocycles. The third-order valence-electron chi connectivity index (χ3n) is 3.09. The quantitative estimate of drug-likeness (QED) is 0.758. The molecule has 116 valence electrons. The molecule has 0 radical (unpaired) electrons. The number of para-hydroxylation sites is 1. The predicted octanol–water partition coefficient (Wildman–Crippen LogP) is 3.81. The Hall–Kier alpha value is -2.77. The zero-order valence-corrected chi connectivity index (χ0v) is 13.2. The summed E-state index contributed by atoms with van der Waals surface area (Å²) in [5.41, 5.74) is 1.21. The number of carbonyl (C=O) groups excluding carboxylic acids is 1. The van der Waals surface area contributed by atoms with E-state index in [-0.39, 0.29) is 12.5 Å². The Kier molecular flexibility index (Phi) is 5.79. The second kappa shape index (κ2) is 8.02. The molecule has 23 heavy (non-hydrogen) atoms. The van der Waals surface area contributed by atoms with Gasteiger partial charge in [-0.25, -0.2) is 0 Å². The summed E-state index contributed by atoms with van der Waals surface area (Å²) in [4.78, 5) is 14.0. The Morgan fingerprint density at radius 3 is 2.65 bits per heavy atom. The van der Waals surface area contributed by atoms with E-state index in [1.807, 2.05) is 36.4 Å². The smallest absolute Gasteiger partial charge is 0.265 e. The number of hydrogen-bond acceptors (Lipinski definition) is 3. The van der Waals surface area contributed by atoms with Crippen molar-refractivity contribution >= 4 is 23.2 Å². The highest BCUT2D eigenvalue weighted by atomic mass is 35.5. The largest absolute Gasteiger partial charge is 0.482 e. The Morgan fingerprint density at radius 2 is 2.04 bits per heavy atom. The molecular weight excluding hydrogens is 312 g/mol. The first-order valence-corrected chi connectivity index (χ1v) is 7.32. The summed E-state index contributed by atoms with van der Waals surface area (Å²) < 4.78 is 5.48. The van der Waals surface area contributed by atoms with E-state index < -0.39 is 0 Å². The highest BCUT2D eigenvalue weighted by Crippen LogP contribution is 2.25. The van der Waals surface area contributed by atoms with Crippen molar-refractivity contribution in [1.29, 1.82) is 5.26 Å². The van der Waals surface area contributed by atoms with Crippen LogP contribution in [-0.2, 0) is 4.79 Å². The van der Waals surface area contributed by atoms with Crippen molar-refractivity contribution in [2.45, 2.75) is 0 Å². The fraction of sp³-hybridized carbons (Fsp3) is 0.111. The van der Waals surface area contributed by atoms with Crippen molar-refractivity contribution in [3.63, 3.8) is 0 Å². The molecule has 2 aromatic carbocycles.